The quantitative estimate of drug-likeness (QED) is 0.775. The van der Waals surface area contributed by atoms with Crippen LogP contribution in [-0.4, -0.2) is 43.2 Å². The number of fused-ring (bicyclic) bond motifs is 2. The van der Waals surface area contributed by atoms with Crippen molar-refractivity contribution in [3.05, 3.63) is 29.8 Å². The second-order valence-corrected chi connectivity index (χ2v) is 7.09. The fourth-order valence-corrected chi connectivity index (χ4v) is 4.29. The van der Waals surface area contributed by atoms with Gasteiger partial charge in [0.15, 0.2) is 0 Å². The predicted molar refractivity (Wildman–Crippen MR) is 96.9 cm³/mol. The SMILES string of the molecule is COc1ccc([C@H]2C[C@@H]3CC[C@H]([C@H]2C(=O)OC(C)C)N3C)cc1.Cl. The van der Waals surface area contributed by atoms with Crippen LogP contribution in [0.15, 0.2) is 24.3 Å². The summed E-state index contributed by atoms with van der Waals surface area (Å²) < 4.78 is 10.9. The van der Waals surface area contributed by atoms with Crippen LogP contribution in [0.25, 0.3) is 0 Å². The molecule has 4 atom stereocenters. The fraction of sp³-hybridized carbons (Fsp3) is 0.632. The molecule has 1 aromatic carbocycles. The molecular weight excluding hydrogens is 326 g/mol. The Bertz CT molecular complexity index is 560. The van der Waals surface area contributed by atoms with Crippen LogP contribution in [0.4, 0.5) is 0 Å². The molecule has 5 heteroatoms. The van der Waals surface area contributed by atoms with Gasteiger partial charge in [-0.2, -0.15) is 0 Å². The molecule has 134 valence electrons. The smallest absolute Gasteiger partial charge is 0.311 e. The Morgan fingerprint density at radius 3 is 2.46 bits per heavy atom. The van der Waals surface area contributed by atoms with E-state index in [9.17, 15) is 4.79 Å². The second-order valence-electron chi connectivity index (χ2n) is 7.09. The first-order valence-electron chi connectivity index (χ1n) is 8.57. The average Bonchev–Trinajstić information content (AvgIpc) is 2.77. The van der Waals surface area contributed by atoms with Gasteiger partial charge in [0.25, 0.3) is 0 Å². The van der Waals surface area contributed by atoms with Crippen molar-refractivity contribution >= 4 is 18.4 Å². The molecule has 0 N–H and O–H groups in total. The van der Waals surface area contributed by atoms with Crippen molar-refractivity contribution < 1.29 is 14.3 Å². The summed E-state index contributed by atoms with van der Waals surface area (Å²) in [5.41, 5.74) is 1.22. The highest BCUT2D eigenvalue weighted by atomic mass is 35.5. The zero-order valence-electron chi connectivity index (χ0n) is 14.9. The molecule has 24 heavy (non-hydrogen) atoms. The minimum absolute atomic E-state index is 0. The van der Waals surface area contributed by atoms with Crippen molar-refractivity contribution in [3.8, 4) is 5.75 Å². The minimum Gasteiger partial charge on any atom is -0.497 e. The monoisotopic (exact) mass is 353 g/mol. The molecule has 1 aromatic rings. The van der Waals surface area contributed by atoms with Gasteiger partial charge in [-0.25, -0.2) is 0 Å². The van der Waals surface area contributed by atoms with Gasteiger partial charge >= 0.3 is 5.97 Å². The maximum absolute atomic E-state index is 12.8. The molecule has 0 aliphatic carbocycles. The van der Waals surface area contributed by atoms with Gasteiger partial charge in [0.2, 0.25) is 0 Å². The number of benzene rings is 1. The van der Waals surface area contributed by atoms with E-state index in [1.54, 1.807) is 7.11 Å². The summed E-state index contributed by atoms with van der Waals surface area (Å²) in [4.78, 5) is 15.2. The van der Waals surface area contributed by atoms with Crippen molar-refractivity contribution in [3.63, 3.8) is 0 Å². The molecule has 2 aliphatic heterocycles. The van der Waals surface area contributed by atoms with Crippen molar-refractivity contribution in [2.24, 2.45) is 5.92 Å². The van der Waals surface area contributed by atoms with Gasteiger partial charge in [0.05, 0.1) is 19.1 Å². The lowest BCUT2D eigenvalue weighted by Crippen LogP contribution is -2.49. The van der Waals surface area contributed by atoms with E-state index in [1.165, 1.54) is 12.0 Å². The Hall–Kier alpha value is -1.26. The number of rotatable bonds is 4. The number of hydrogen-bond donors (Lipinski definition) is 0. The van der Waals surface area contributed by atoms with Gasteiger partial charge < -0.3 is 9.47 Å². The first kappa shape index (κ1) is 19.1. The average molecular weight is 354 g/mol. The zero-order chi connectivity index (χ0) is 16.6. The Balaban J connectivity index is 0.00000208. The molecule has 0 amide bonds. The summed E-state index contributed by atoms with van der Waals surface area (Å²) in [6, 6.07) is 9.05. The van der Waals surface area contributed by atoms with Gasteiger partial charge in [-0.3, -0.25) is 9.69 Å². The van der Waals surface area contributed by atoms with E-state index in [4.69, 9.17) is 9.47 Å². The maximum atomic E-state index is 12.8. The number of esters is 1. The van der Waals surface area contributed by atoms with E-state index < -0.39 is 0 Å². The first-order chi connectivity index (χ1) is 11.0. The van der Waals surface area contributed by atoms with E-state index in [2.05, 4.69) is 24.1 Å². The zero-order valence-corrected chi connectivity index (χ0v) is 15.7. The van der Waals surface area contributed by atoms with Crippen LogP contribution in [0.1, 0.15) is 44.6 Å². The van der Waals surface area contributed by atoms with E-state index in [1.807, 2.05) is 26.0 Å². The third kappa shape index (κ3) is 3.55. The number of hydrogen-bond acceptors (Lipinski definition) is 4. The molecule has 2 bridgehead atoms. The van der Waals surface area contributed by atoms with Crippen LogP contribution in [0.3, 0.4) is 0 Å². The van der Waals surface area contributed by atoms with Crippen LogP contribution >= 0.6 is 12.4 Å². The molecule has 3 rings (SSSR count). The Morgan fingerprint density at radius 2 is 1.88 bits per heavy atom. The fourth-order valence-electron chi connectivity index (χ4n) is 4.29. The van der Waals surface area contributed by atoms with Crippen molar-refractivity contribution in [1.82, 2.24) is 4.90 Å². The van der Waals surface area contributed by atoms with Crippen LogP contribution < -0.4 is 4.74 Å². The molecule has 2 saturated heterocycles. The lowest BCUT2D eigenvalue weighted by molar-refractivity contribution is -0.157. The first-order valence-corrected chi connectivity index (χ1v) is 8.57. The van der Waals surface area contributed by atoms with Crippen molar-refractivity contribution in [1.29, 1.82) is 0 Å². The molecule has 0 radical (unpaired) electrons. The molecule has 2 fully saturated rings. The van der Waals surface area contributed by atoms with E-state index >= 15 is 0 Å². The lowest BCUT2D eigenvalue weighted by atomic mass is 9.76. The number of piperidine rings is 1. The van der Waals surface area contributed by atoms with Gasteiger partial charge in [0, 0.05) is 18.0 Å². The topological polar surface area (TPSA) is 38.8 Å². The number of ether oxygens (including phenoxy) is 2. The normalized spacial score (nSPS) is 29.2. The summed E-state index contributed by atoms with van der Waals surface area (Å²) in [5, 5.41) is 0. The van der Waals surface area contributed by atoms with Crippen LogP contribution in [0, 0.1) is 5.92 Å². The molecule has 0 saturated carbocycles. The van der Waals surface area contributed by atoms with Crippen LogP contribution in [-0.2, 0) is 9.53 Å². The summed E-state index contributed by atoms with van der Waals surface area (Å²) in [7, 11) is 3.83. The van der Waals surface area contributed by atoms with Crippen LogP contribution in [0.2, 0.25) is 0 Å². The molecule has 2 heterocycles. The standard InChI is InChI=1S/C19H27NO3.ClH/c1-12(2)23-19(21)18-16(11-14-7-10-17(18)20(14)3)13-5-8-15(22-4)9-6-13;/h5-6,8-9,12,14,16-18H,7,10-11H2,1-4H3;1H/t14-,16+,17+,18-;/m0./s1. The van der Waals surface area contributed by atoms with Gasteiger partial charge in [-0.05, 0) is 57.9 Å². The Labute approximate surface area is 150 Å². The molecule has 0 aromatic heterocycles. The number of carbonyl (C=O) groups excluding carboxylic acids is 1. The number of carbonyl (C=O) groups is 1. The molecule has 0 spiro atoms. The maximum Gasteiger partial charge on any atom is 0.311 e. The lowest BCUT2D eigenvalue weighted by Gasteiger charge is -2.42. The second kappa shape index (κ2) is 7.75. The Morgan fingerprint density at radius 1 is 1.21 bits per heavy atom. The van der Waals surface area contributed by atoms with Crippen LogP contribution in [0.5, 0.6) is 5.75 Å². The highest BCUT2D eigenvalue weighted by molar-refractivity contribution is 5.85. The summed E-state index contributed by atoms with van der Waals surface area (Å²) in [5.74, 6) is 0.972. The molecule has 4 nitrogen and oxygen atoms in total. The summed E-state index contributed by atoms with van der Waals surface area (Å²) in [6.07, 6.45) is 3.23. The highest BCUT2D eigenvalue weighted by Crippen LogP contribution is 2.46. The Kier molecular flexibility index (Phi) is 6.16. The largest absolute Gasteiger partial charge is 0.497 e. The van der Waals surface area contributed by atoms with Gasteiger partial charge in [-0.15, -0.1) is 12.4 Å². The van der Waals surface area contributed by atoms with Gasteiger partial charge in [0.1, 0.15) is 5.75 Å². The minimum atomic E-state index is -0.0745. The van der Waals surface area contributed by atoms with E-state index in [0.717, 1.165) is 18.6 Å². The van der Waals surface area contributed by atoms with Crippen molar-refractivity contribution in [2.75, 3.05) is 14.2 Å². The third-order valence-corrected chi connectivity index (χ3v) is 5.44. The van der Waals surface area contributed by atoms with E-state index in [0.29, 0.717) is 12.1 Å². The van der Waals surface area contributed by atoms with Crippen molar-refractivity contribution in [2.45, 2.75) is 57.2 Å². The number of nitrogens with zero attached hydrogens (tertiary/aromatic N) is 1. The number of methoxy groups -OCH3 is 1. The summed E-state index contributed by atoms with van der Waals surface area (Å²) >= 11 is 0. The third-order valence-electron chi connectivity index (χ3n) is 5.44. The summed E-state index contributed by atoms with van der Waals surface area (Å²) in [6.45, 7) is 3.84. The van der Waals surface area contributed by atoms with Gasteiger partial charge in [-0.1, -0.05) is 12.1 Å². The molecule has 2 aliphatic rings. The predicted octanol–water partition coefficient (Wildman–Crippen LogP) is 3.63. The number of halogens is 1. The molecule has 0 unspecified atom stereocenters. The van der Waals surface area contributed by atoms with E-state index in [-0.39, 0.29) is 36.3 Å². The highest BCUT2D eigenvalue weighted by Gasteiger charge is 2.49. The molecular formula is C19H28ClNO3.